The zero-order valence-electron chi connectivity index (χ0n) is 43.0. The predicted molar refractivity (Wildman–Crippen MR) is 270 cm³/mol. The van der Waals surface area contributed by atoms with Crippen LogP contribution in [-0.4, -0.2) is 37.2 Å². The first-order valence-electron chi connectivity index (χ1n) is 28.4. The maximum atomic E-state index is 12.8. The van der Waals surface area contributed by atoms with Crippen LogP contribution in [0.15, 0.2) is 0 Å². The molecule has 0 rings (SSSR count). The molecule has 0 fully saturated rings. The van der Waals surface area contributed by atoms with Crippen LogP contribution in [0.5, 0.6) is 0 Å². The van der Waals surface area contributed by atoms with Gasteiger partial charge >= 0.3 is 17.9 Å². The van der Waals surface area contributed by atoms with Crippen LogP contribution >= 0.6 is 0 Å². The third-order valence-electron chi connectivity index (χ3n) is 13.4. The van der Waals surface area contributed by atoms with Crippen molar-refractivity contribution in [3.63, 3.8) is 0 Å². The molecule has 6 heteroatoms. The number of esters is 3. The van der Waals surface area contributed by atoms with Crippen LogP contribution in [0, 0.1) is 5.92 Å². The van der Waals surface area contributed by atoms with Gasteiger partial charge in [-0.3, -0.25) is 14.4 Å². The van der Waals surface area contributed by atoms with Gasteiger partial charge in [-0.15, -0.1) is 0 Å². The molecule has 0 heterocycles. The van der Waals surface area contributed by atoms with Gasteiger partial charge in [-0.05, 0) is 25.2 Å². The van der Waals surface area contributed by atoms with Crippen molar-refractivity contribution in [3.05, 3.63) is 0 Å². The molecule has 0 aromatic heterocycles. The van der Waals surface area contributed by atoms with E-state index in [0.29, 0.717) is 19.3 Å². The van der Waals surface area contributed by atoms with Crippen molar-refractivity contribution >= 4 is 17.9 Å². The number of carbonyl (C=O) groups excluding carboxylic acids is 3. The second-order valence-electron chi connectivity index (χ2n) is 19.8. The van der Waals surface area contributed by atoms with Gasteiger partial charge in [0.15, 0.2) is 6.10 Å². The zero-order valence-corrected chi connectivity index (χ0v) is 43.0. The lowest BCUT2D eigenvalue weighted by Gasteiger charge is -2.18. The SMILES string of the molecule is CCCCCCCCCCCCCCCCCCCCCC(=O)OC[C@H](COC(=O)CCCCCCCCCCCCC(C)CC)OC(=O)CCCCCCCCCCCCCC. The minimum Gasteiger partial charge on any atom is -0.462 e. The first kappa shape index (κ1) is 61.4. The van der Waals surface area contributed by atoms with Gasteiger partial charge in [0, 0.05) is 19.3 Å². The molecule has 0 bridgehead atoms. The fraction of sp³-hybridized carbons (Fsp3) is 0.947. The first-order chi connectivity index (χ1) is 30.9. The summed E-state index contributed by atoms with van der Waals surface area (Å²) < 4.78 is 16.9. The van der Waals surface area contributed by atoms with Crippen molar-refractivity contribution in [2.75, 3.05) is 13.2 Å². The third-order valence-corrected chi connectivity index (χ3v) is 13.4. The van der Waals surface area contributed by atoms with Crippen LogP contribution < -0.4 is 0 Å². The molecule has 0 aliphatic rings. The second kappa shape index (κ2) is 51.4. The van der Waals surface area contributed by atoms with E-state index in [1.54, 1.807) is 0 Å². The van der Waals surface area contributed by atoms with Gasteiger partial charge in [-0.2, -0.15) is 0 Å². The smallest absolute Gasteiger partial charge is 0.306 e. The van der Waals surface area contributed by atoms with Crippen molar-refractivity contribution in [1.82, 2.24) is 0 Å². The minimum atomic E-state index is -0.761. The molecular formula is C57H110O6. The average Bonchev–Trinajstić information content (AvgIpc) is 3.28. The molecule has 0 N–H and O–H groups in total. The molecular weight excluding hydrogens is 781 g/mol. The Labute approximate surface area is 393 Å². The fourth-order valence-electron chi connectivity index (χ4n) is 8.72. The van der Waals surface area contributed by atoms with Crippen LogP contribution in [0.2, 0.25) is 0 Å². The highest BCUT2D eigenvalue weighted by Gasteiger charge is 2.19. The second-order valence-corrected chi connectivity index (χ2v) is 19.8. The summed E-state index contributed by atoms with van der Waals surface area (Å²) in [5.41, 5.74) is 0. The molecule has 0 aromatic carbocycles. The topological polar surface area (TPSA) is 78.9 Å². The van der Waals surface area contributed by atoms with Crippen LogP contribution in [0.3, 0.4) is 0 Å². The van der Waals surface area contributed by atoms with E-state index >= 15 is 0 Å². The number of hydrogen-bond donors (Lipinski definition) is 0. The molecule has 0 radical (unpaired) electrons. The Morgan fingerprint density at radius 3 is 0.825 bits per heavy atom. The summed E-state index contributed by atoms with van der Waals surface area (Å²) in [4.78, 5) is 38.1. The number of ether oxygens (including phenoxy) is 3. The lowest BCUT2D eigenvalue weighted by molar-refractivity contribution is -0.167. The summed E-state index contributed by atoms with van der Waals surface area (Å²) in [6.07, 6.45) is 55.1. The Kier molecular flexibility index (Phi) is 50.1. The molecule has 6 nitrogen and oxygen atoms in total. The summed E-state index contributed by atoms with van der Waals surface area (Å²) in [6.45, 7) is 9.07. The molecule has 374 valence electrons. The molecule has 1 unspecified atom stereocenters. The Hall–Kier alpha value is -1.59. The van der Waals surface area contributed by atoms with Crippen LogP contribution in [0.4, 0.5) is 0 Å². The molecule has 0 aliphatic heterocycles. The Morgan fingerprint density at radius 2 is 0.556 bits per heavy atom. The van der Waals surface area contributed by atoms with E-state index < -0.39 is 6.10 Å². The van der Waals surface area contributed by atoms with E-state index in [1.165, 1.54) is 218 Å². The number of hydrogen-bond acceptors (Lipinski definition) is 6. The van der Waals surface area contributed by atoms with Gasteiger partial charge < -0.3 is 14.2 Å². The van der Waals surface area contributed by atoms with E-state index in [4.69, 9.17) is 14.2 Å². The molecule has 0 aromatic rings. The molecule has 0 saturated carbocycles. The number of unbranched alkanes of at least 4 members (excludes halogenated alkanes) is 38. The highest BCUT2D eigenvalue weighted by molar-refractivity contribution is 5.71. The average molecular weight is 892 g/mol. The standard InChI is InChI=1S/C57H110O6/c1-5-8-10-12-14-16-18-20-21-22-23-24-25-26-28-32-36-40-44-48-55(58)61-51-54(63-57(60)50-46-42-38-34-27-19-17-15-13-11-9-6-2)52-62-56(59)49-45-41-37-33-30-29-31-35-39-43-47-53(4)7-3/h53-54H,5-52H2,1-4H3/t53?,54-/m1/s1. The van der Waals surface area contributed by atoms with Gasteiger partial charge in [-0.1, -0.05) is 285 Å². The molecule has 63 heavy (non-hydrogen) atoms. The van der Waals surface area contributed by atoms with Crippen LogP contribution in [0.25, 0.3) is 0 Å². The van der Waals surface area contributed by atoms with Crippen LogP contribution in [-0.2, 0) is 28.6 Å². The van der Waals surface area contributed by atoms with Gasteiger partial charge in [0.2, 0.25) is 0 Å². The van der Waals surface area contributed by atoms with E-state index in [0.717, 1.165) is 63.7 Å². The van der Waals surface area contributed by atoms with E-state index in [9.17, 15) is 14.4 Å². The molecule has 0 amide bonds. The van der Waals surface area contributed by atoms with E-state index in [1.807, 2.05) is 0 Å². The largest absolute Gasteiger partial charge is 0.462 e. The van der Waals surface area contributed by atoms with Gasteiger partial charge in [0.25, 0.3) is 0 Å². The van der Waals surface area contributed by atoms with E-state index in [2.05, 4.69) is 27.7 Å². The number of carbonyl (C=O) groups is 3. The van der Waals surface area contributed by atoms with Crippen LogP contribution in [0.1, 0.15) is 323 Å². The molecule has 0 aliphatic carbocycles. The summed E-state index contributed by atoms with van der Waals surface area (Å²) in [7, 11) is 0. The Bertz CT molecular complexity index is 951. The molecule has 0 saturated heterocycles. The van der Waals surface area contributed by atoms with Gasteiger partial charge in [0.05, 0.1) is 0 Å². The summed E-state index contributed by atoms with van der Waals surface area (Å²) in [5, 5.41) is 0. The highest BCUT2D eigenvalue weighted by atomic mass is 16.6. The van der Waals surface area contributed by atoms with Crippen molar-refractivity contribution in [3.8, 4) is 0 Å². The maximum Gasteiger partial charge on any atom is 0.306 e. The highest BCUT2D eigenvalue weighted by Crippen LogP contribution is 2.18. The zero-order chi connectivity index (χ0) is 45.9. The number of rotatable bonds is 52. The van der Waals surface area contributed by atoms with Crippen molar-refractivity contribution < 1.29 is 28.6 Å². The minimum absolute atomic E-state index is 0.0622. The van der Waals surface area contributed by atoms with Crippen molar-refractivity contribution in [2.24, 2.45) is 5.92 Å². The van der Waals surface area contributed by atoms with E-state index in [-0.39, 0.29) is 31.1 Å². The van der Waals surface area contributed by atoms with Gasteiger partial charge in [-0.25, -0.2) is 0 Å². The lowest BCUT2D eigenvalue weighted by Crippen LogP contribution is -2.30. The monoisotopic (exact) mass is 891 g/mol. The normalized spacial score (nSPS) is 12.4. The van der Waals surface area contributed by atoms with Crippen molar-refractivity contribution in [1.29, 1.82) is 0 Å². The molecule has 2 atom stereocenters. The summed E-state index contributed by atoms with van der Waals surface area (Å²) in [5.74, 6) is 0.0310. The fourth-order valence-corrected chi connectivity index (χ4v) is 8.72. The van der Waals surface area contributed by atoms with Gasteiger partial charge in [0.1, 0.15) is 13.2 Å². The van der Waals surface area contributed by atoms with Crippen molar-refractivity contribution in [2.45, 2.75) is 329 Å². The lowest BCUT2D eigenvalue weighted by atomic mass is 9.99. The Balaban J connectivity index is 4.25. The third kappa shape index (κ3) is 49.7. The maximum absolute atomic E-state index is 12.8. The summed E-state index contributed by atoms with van der Waals surface area (Å²) >= 11 is 0. The predicted octanol–water partition coefficient (Wildman–Crippen LogP) is 18.6. The first-order valence-corrected chi connectivity index (χ1v) is 28.4. The molecule has 0 spiro atoms. The quantitative estimate of drug-likeness (QED) is 0.0344. The summed E-state index contributed by atoms with van der Waals surface area (Å²) in [6, 6.07) is 0. The Morgan fingerprint density at radius 1 is 0.317 bits per heavy atom.